The number of fused-ring (bicyclic) bond motifs is 3. The van der Waals surface area contributed by atoms with E-state index in [4.69, 9.17) is 37.9 Å². The van der Waals surface area contributed by atoms with Gasteiger partial charge in [0.2, 0.25) is 34.8 Å². The number of carbonyl (C=O) groups is 2. The Hall–Kier alpha value is -4.23. The van der Waals surface area contributed by atoms with E-state index >= 15 is 0 Å². The van der Waals surface area contributed by atoms with Crippen LogP contribution in [0.25, 0.3) is 11.1 Å². The lowest BCUT2D eigenvalue weighted by Gasteiger charge is -2.19. The van der Waals surface area contributed by atoms with Gasteiger partial charge in [-0.15, -0.1) is 0 Å². The molecular weight excluding hydrogens is 753 g/mol. The first-order chi connectivity index (χ1) is 27.2. The molecule has 0 heterocycles. The molecule has 12 nitrogen and oxygen atoms in total. The Morgan fingerprint density at radius 3 is 1.36 bits per heavy atom. The molecule has 1 aliphatic carbocycles. The predicted molar refractivity (Wildman–Crippen MR) is 190 cm³/mol. The number of rotatable bonds is 27. The number of hydrogen-bond acceptors (Lipinski definition) is 11. The van der Waals surface area contributed by atoms with Crippen LogP contribution in [0.2, 0.25) is 0 Å². The second-order valence-corrected chi connectivity index (χ2v) is 12.1. The molecule has 0 aromatic heterocycles. The van der Waals surface area contributed by atoms with E-state index in [1.165, 1.54) is 27.2 Å². The fraction of sp³-hybridized carbons (Fsp3) is 0.487. The van der Waals surface area contributed by atoms with Crippen molar-refractivity contribution in [3.05, 3.63) is 88.7 Å². The summed E-state index contributed by atoms with van der Waals surface area (Å²) in [5.74, 6) is -14.2. The van der Waals surface area contributed by atoms with Gasteiger partial charge in [0, 0.05) is 19.5 Å². The SMILES string of the molecule is CN(CCOCCOCCOCCOCCOCCOCCOCCC(=O)Oc1c(F)c(F)c(F)c(F)c1F)C(=O)OCC1c2ccccc2-c2ccccc21. The molecule has 4 rings (SSSR count). The molecule has 0 bridgehead atoms. The minimum Gasteiger partial charge on any atom is -0.448 e. The predicted octanol–water partition coefficient (Wildman–Crippen LogP) is 5.67. The fourth-order valence-electron chi connectivity index (χ4n) is 5.41. The summed E-state index contributed by atoms with van der Waals surface area (Å²) >= 11 is 0. The molecule has 3 aromatic rings. The summed E-state index contributed by atoms with van der Waals surface area (Å²) in [6.45, 7) is 4.59. The molecular formula is C39H46F5NO11. The van der Waals surface area contributed by atoms with Crippen LogP contribution >= 0.6 is 0 Å². The lowest BCUT2D eigenvalue weighted by Crippen LogP contribution is -2.32. The largest absolute Gasteiger partial charge is 0.448 e. The standard InChI is InChI=1S/C39H46F5NO11/c1-45(39(47)55-26-31-29-8-4-2-6-27(29)28-7-3-5-9-30(28)31)11-13-49-15-17-51-19-21-53-23-25-54-24-22-52-20-18-50-16-14-48-12-10-32(46)56-38-36(43)34(41)33(40)35(42)37(38)44/h2-9,31H,10-26H2,1H3. The first-order valence-electron chi connectivity index (χ1n) is 18.0. The monoisotopic (exact) mass is 799 g/mol. The minimum absolute atomic E-state index is 0.00812. The highest BCUT2D eigenvalue weighted by Gasteiger charge is 2.30. The summed E-state index contributed by atoms with van der Waals surface area (Å²) in [6, 6.07) is 16.4. The molecule has 308 valence electrons. The highest BCUT2D eigenvalue weighted by molar-refractivity contribution is 5.79. The summed E-state index contributed by atoms with van der Waals surface area (Å²) in [5, 5.41) is 0. The number of amides is 1. The summed E-state index contributed by atoms with van der Waals surface area (Å²) < 4.78 is 114. The van der Waals surface area contributed by atoms with Crippen LogP contribution in [0.5, 0.6) is 5.75 Å². The molecule has 0 saturated carbocycles. The maximum atomic E-state index is 13.6. The van der Waals surface area contributed by atoms with Crippen molar-refractivity contribution in [1.82, 2.24) is 4.90 Å². The number of benzene rings is 3. The van der Waals surface area contributed by atoms with Crippen LogP contribution in [-0.2, 0) is 42.7 Å². The van der Waals surface area contributed by atoms with Gasteiger partial charge in [-0.2, -0.15) is 8.78 Å². The van der Waals surface area contributed by atoms with E-state index in [-0.39, 0.29) is 39.0 Å². The fourth-order valence-corrected chi connectivity index (χ4v) is 5.41. The van der Waals surface area contributed by atoms with Gasteiger partial charge in [0.1, 0.15) is 6.61 Å². The molecule has 56 heavy (non-hydrogen) atoms. The van der Waals surface area contributed by atoms with Gasteiger partial charge in [0.05, 0.1) is 98.9 Å². The van der Waals surface area contributed by atoms with Crippen LogP contribution in [0.4, 0.5) is 26.7 Å². The van der Waals surface area contributed by atoms with E-state index in [1.54, 1.807) is 7.05 Å². The molecule has 1 aliphatic rings. The number of halogens is 5. The highest BCUT2D eigenvalue weighted by atomic mass is 19.2. The number of esters is 1. The van der Waals surface area contributed by atoms with E-state index in [9.17, 15) is 31.5 Å². The van der Waals surface area contributed by atoms with Crippen LogP contribution in [0.1, 0.15) is 23.5 Å². The zero-order chi connectivity index (χ0) is 40.1. The average molecular weight is 800 g/mol. The number of ether oxygens (including phenoxy) is 9. The highest BCUT2D eigenvalue weighted by Crippen LogP contribution is 2.44. The maximum absolute atomic E-state index is 13.6. The van der Waals surface area contributed by atoms with Crippen LogP contribution in [-0.4, -0.2) is 130 Å². The summed E-state index contributed by atoms with van der Waals surface area (Å²) in [7, 11) is 1.68. The number of hydrogen-bond donors (Lipinski definition) is 0. The molecule has 0 radical (unpaired) electrons. The Morgan fingerprint density at radius 2 is 0.911 bits per heavy atom. The van der Waals surface area contributed by atoms with Gasteiger partial charge in [0.25, 0.3) is 0 Å². The normalized spacial score (nSPS) is 12.1. The smallest absolute Gasteiger partial charge is 0.409 e. The summed E-state index contributed by atoms with van der Waals surface area (Å²) in [5.41, 5.74) is 4.69. The molecule has 0 spiro atoms. The van der Waals surface area contributed by atoms with E-state index in [1.807, 2.05) is 24.3 Å². The van der Waals surface area contributed by atoms with Crippen molar-refractivity contribution in [1.29, 1.82) is 0 Å². The van der Waals surface area contributed by atoms with Crippen molar-refractivity contribution in [3.63, 3.8) is 0 Å². The zero-order valence-electron chi connectivity index (χ0n) is 31.0. The maximum Gasteiger partial charge on any atom is 0.409 e. The molecule has 0 fully saturated rings. The van der Waals surface area contributed by atoms with Crippen LogP contribution < -0.4 is 4.74 Å². The van der Waals surface area contributed by atoms with Gasteiger partial charge in [0.15, 0.2) is 0 Å². The Morgan fingerprint density at radius 1 is 0.536 bits per heavy atom. The van der Waals surface area contributed by atoms with E-state index in [0.717, 1.165) is 0 Å². The van der Waals surface area contributed by atoms with Gasteiger partial charge in [-0.3, -0.25) is 4.79 Å². The lowest BCUT2D eigenvalue weighted by atomic mass is 9.98. The lowest BCUT2D eigenvalue weighted by molar-refractivity contribution is -0.136. The Kier molecular flexibility index (Phi) is 19.4. The number of likely N-dealkylation sites (N-methyl/N-ethyl adjacent to an activating group) is 1. The van der Waals surface area contributed by atoms with Gasteiger partial charge < -0.3 is 47.5 Å². The van der Waals surface area contributed by atoms with Crippen LogP contribution in [0, 0.1) is 29.1 Å². The third-order valence-electron chi connectivity index (χ3n) is 8.29. The Bertz CT molecular complexity index is 1610. The number of carbonyl (C=O) groups excluding carboxylic acids is 2. The average Bonchev–Trinajstić information content (AvgIpc) is 3.53. The van der Waals surface area contributed by atoms with Crippen molar-refractivity contribution >= 4 is 12.1 Å². The van der Waals surface area contributed by atoms with Crippen molar-refractivity contribution in [3.8, 4) is 16.9 Å². The van der Waals surface area contributed by atoms with Gasteiger partial charge in [-0.25, -0.2) is 18.0 Å². The zero-order valence-corrected chi connectivity index (χ0v) is 31.0. The quantitative estimate of drug-likeness (QED) is 0.0237. The molecule has 0 saturated heterocycles. The van der Waals surface area contributed by atoms with Gasteiger partial charge in [-0.05, 0) is 22.3 Å². The summed E-state index contributed by atoms with van der Waals surface area (Å²) in [6.07, 6.45) is -0.893. The van der Waals surface area contributed by atoms with Gasteiger partial charge >= 0.3 is 12.1 Å². The van der Waals surface area contributed by atoms with Gasteiger partial charge in [-0.1, -0.05) is 48.5 Å². The van der Waals surface area contributed by atoms with Crippen molar-refractivity contribution in [2.24, 2.45) is 0 Å². The second-order valence-electron chi connectivity index (χ2n) is 12.1. The third-order valence-corrected chi connectivity index (χ3v) is 8.29. The number of nitrogens with zero attached hydrogens (tertiary/aromatic N) is 1. The molecule has 17 heteroatoms. The van der Waals surface area contributed by atoms with Crippen LogP contribution in [0.15, 0.2) is 48.5 Å². The first-order valence-corrected chi connectivity index (χ1v) is 18.0. The van der Waals surface area contributed by atoms with E-state index < -0.39 is 53.3 Å². The molecule has 0 atom stereocenters. The Labute approximate surface area is 321 Å². The molecule has 3 aromatic carbocycles. The van der Waals surface area contributed by atoms with E-state index in [0.29, 0.717) is 72.6 Å². The van der Waals surface area contributed by atoms with Crippen molar-refractivity contribution in [2.75, 3.05) is 113 Å². The second kappa shape index (κ2) is 24.4. The Balaban J connectivity index is 0.862. The van der Waals surface area contributed by atoms with E-state index in [2.05, 4.69) is 29.0 Å². The van der Waals surface area contributed by atoms with Crippen LogP contribution in [0.3, 0.4) is 0 Å². The molecule has 0 unspecified atom stereocenters. The minimum atomic E-state index is -2.35. The molecule has 1 amide bonds. The first kappa shape index (κ1) is 44.5. The molecule has 0 N–H and O–H groups in total. The third kappa shape index (κ3) is 13.8. The topological polar surface area (TPSA) is 120 Å². The van der Waals surface area contributed by atoms with Crippen molar-refractivity contribution in [2.45, 2.75) is 12.3 Å². The summed E-state index contributed by atoms with van der Waals surface area (Å²) in [4.78, 5) is 25.8. The van der Waals surface area contributed by atoms with Crippen molar-refractivity contribution < 1.29 is 74.2 Å². The molecule has 0 aliphatic heterocycles.